The Morgan fingerprint density at radius 2 is 1.72 bits per heavy atom. The van der Waals surface area contributed by atoms with Crippen molar-refractivity contribution in [3.05, 3.63) is 66.1 Å². The standard InChI is InChI=1S/C14H11Br2IO/c15-10-3-6-12(13(16)8-10)14(18)7-9-1-4-11(17)5-2-9/h1-6,8,14,18H,7H2. The Balaban J connectivity index is 2.16. The van der Waals surface area contributed by atoms with Crippen molar-refractivity contribution in [2.45, 2.75) is 12.5 Å². The van der Waals surface area contributed by atoms with E-state index in [0.29, 0.717) is 6.42 Å². The van der Waals surface area contributed by atoms with Gasteiger partial charge >= 0.3 is 0 Å². The summed E-state index contributed by atoms with van der Waals surface area (Å²) >= 11 is 9.16. The largest absolute Gasteiger partial charge is 0.388 e. The summed E-state index contributed by atoms with van der Waals surface area (Å²) in [5.41, 5.74) is 2.05. The van der Waals surface area contributed by atoms with Crippen molar-refractivity contribution in [3.63, 3.8) is 0 Å². The number of halogens is 3. The molecule has 0 aliphatic heterocycles. The summed E-state index contributed by atoms with van der Waals surface area (Å²) in [7, 11) is 0. The van der Waals surface area contributed by atoms with Gasteiger partial charge in [0.15, 0.2) is 0 Å². The molecule has 0 aromatic heterocycles. The zero-order chi connectivity index (χ0) is 13.1. The van der Waals surface area contributed by atoms with Gasteiger partial charge in [-0.2, -0.15) is 0 Å². The molecule has 0 fully saturated rings. The molecule has 1 N–H and O–H groups in total. The SMILES string of the molecule is OC(Cc1ccc(I)cc1)c1ccc(Br)cc1Br. The molecule has 0 radical (unpaired) electrons. The van der Waals surface area contributed by atoms with Crippen LogP contribution in [-0.2, 0) is 6.42 Å². The van der Waals surface area contributed by atoms with Crippen LogP contribution in [0.5, 0.6) is 0 Å². The van der Waals surface area contributed by atoms with Crippen LogP contribution in [0.25, 0.3) is 0 Å². The van der Waals surface area contributed by atoms with Gasteiger partial charge in [-0.3, -0.25) is 0 Å². The second-order valence-electron chi connectivity index (χ2n) is 4.01. The quantitative estimate of drug-likeness (QED) is 0.605. The molecule has 1 atom stereocenters. The van der Waals surface area contributed by atoms with Crippen molar-refractivity contribution >= 4 is 54.5 Å². The summed E-state index contributed by atoms with van der Waals surface area (Å²) in [5, 5.41) is 10.3. The van der Waals surface area contributed by atoms with Crippen molar-refractivity contribution in [3.8, 4) is 0 Å². The van der Waals surface area contributed by atoms with Crippen LogP contribution in [0.2, 0.25) is 0 Å². The second-order valence-corrected chi connectivity index (χ2v) is 7.03. The summed E-state index contributed by atoms with van der Waals surface area (Å²) in [4.78, 5) is 0. The van der Waals surface area contributed by atoms with E-state index in [1.807, 2.05) is 18.2 Å². The van der Waals surface area contributed by atoms with Gasteiger partial charge in [0.25, 0.3) is 0 Å². The number of hydrogen-bond acceptors (Lipinski definition) is 1. The molecule has 4 heteroatoms. The average molecular weight is 482 g/mol. The molecule has 0 aliphatic carbocycles. The molecule has 94 valence electrons. The molecular formula is C14H11Br2IO. The van der Waals surface area contributed by atoms with E-state index in [9.17, 15) is 5.11 Å². The number of rotatable bonds is 3. The molecular weight excluding hydrogens is 471 g/mol. The van der Waals surface area contributed by atoms with Gasteiger partial charge in [-0.05, 0) is 58.0 Å². The molecule has 0 aliphatic rings. The lowest BCUT2D eigenvalue weighted by Gasteiger charge is -2.13. The predicted molar refractivity (Wildman–Crippen MR) is 89.7 cm³/mol. The van der Waals surface area contributed by atoms with Crippen LogP contribution in [-0.4, -0.2) is 5.11 Å². The molecule has 0 bridgehead atoms. The zero-order valence-electron chi connectivity index (χ0n) is 9.41. The molecule has 0 spiro atoms. The Hall–Kier alpha value is 0.0900. The van der Waals surface area contributed by atoms with E-state index >= 15 is 0 Å². The van der Waals surface area contributed by atoms with Crippen LogP contribution in [0.1, 0.15) is 17.2 Å². The summed E-state index contributed by atoms with van der Waals surface area (Å²) in [5.74, 6) is 0. The lowest BCUT2D eigenvalue weighted by atomic mass is 10.0. The normalized spacial score (nSPS) is 12.4. The van der Waals surface area contributed by atoms with Crippen molar-refractivity contribution < 1.29 is 5.11 Å². The minimum atomic E-state index is -0.493. The highest BCUT2D eigenvalue weighted by atomic mass is 127. The average Bonchev–Trinajstić information content (AvgIpc) is 2.32. The van der Waals surface area contributed by atoms with Gasteiger partial charge < -0.3 is 5.11 Å². The third-order valence-electron chi connectivity index (χ3n) is 2.66. The van der Waals surface area contributed by atoms with Gasteiger partial charge in [0.2, 0.25) is 0 Å². The Kier molecular flexibility index (Phi) is 5.24. The van der Waals surface area contributed by atoms with Crippen LogP contribution < -0.4 is 0 Å². The van der Waals surface area contributed by atoms with Gasteiger partial charge in [0.1, 0.15) is 0 Å². The monoisotopic (exact) mass is 480 g/mol. The maximum absolute atomic E-state index is 10.3. The molecule has 0 heterocycles. The Morgan fingerprint density at radius 1 is 1.06 bits per heavy atom. The molecule has 2 aromatic rings. The highest BCUT2D eigenvalue weighted by Crippen LogP contribution is 2.28. The minimum Gasteiger partial charge on any atom is -0.388 e. The maximum Gasteiger partial charge on any atom is 0.0841 e. The van der Waals surface area contributed by atoms with Crippen molar-refractivity contribution in [2.75, 3.05) is 0 Å². The molecule has 18 heavy (non-hydrogen) atoms. The second kappa shape index (κ2) is 6.50. The molecule has 2 rings (SSSR count). The van der Waals surface area contributed by atoms with Crippen LogP contribution in [0.4, 0.5) is 0 Å². The van der Waals surface area contributed by atoms with E-state index in [1.165, 1.54) is 3.57 Å². The van der Waals surface area contributed by atoms with E-state index in [4.69, 9.17) is 0 Å². The number of aliphatic hydroxyl groups is 1. The van der Waals surface area contributed by atoms with Gasteiger partial charge in [-0.1, -0.05) is 50.1 Å². The first-order chi connectivity index (χ1) is 8.56. The summed E-state index contributed by atoms with van der Waals surface area (Å²) in [6.07, 6.45) is 0.129. The number of benzene rings is 2. The van der Waals surface area contributed by atoms with Crippen LogP contribution in [0.15, 0.2) is 51.4 Å². The predicted octanol–water partition coefficient (Wildman–Crippen LogP) is 5.09. The summed E-state index contributed by atoms with van der Waals surface area (Å²) < 4.78 is 3.13. The minimum absolute atomic E-state index is 0.493. The van der Waals surface area contributed by atoms with E-state index in [2.05, 4.69) is 78.7 Å². The smallest absolute Gasteiger partial charge is 0.0841 e. The maximum atomic E-state index is 10.3. The van der Waals surface area contributed by atoms with Crippen LogP contribution in [0.3, 0.4) is 0 Å². The Labute approximate surface area is 137 Å². The number of aliphatic hydroxyl groups excluding tert-OH is 1. The van der Waals surface area contributed by atoms with E-state index < -0.39 is 6.10 Å². The highest BCUT2D eigenvalue weighted by molar-refractivity contribution is 14.1. The topological polar surface area (TPSA) is 20.2 Å². The Morgan fingerprint density at radius 3 is 2.33 bits per heavy atom. The van der Waals surface area contributed by atoms with E-state index in [-0.39, 0.29) is 0 Å². The van der Waals surface area contributed by atoms with Gasteiger partial charge in [0.05, 0.1) is 6.10 Å². The Bertz CT molecular complexity index is 540. The lowest BCUT2D eigenvalue weighted by Crippen LogP contribution is -2.02. The molecule has 0 saturated carbocycles. The third kappa shape index (κ3) is 3.79. The van der Waals surface area contributed by atoms with E-state index in [1.54, 1.807) is 0 Å². The van der Waals surface area contributed by atoms with Crippen molar-refractivity contribution in [1.29, 1.82) is 0 Å². The molecule has 1 nitrogen and oxygen atoms in total. The molecule has 0 amide bonds. The fourth-order valence-electron chi connectivity index (χ4n) is 1.73. The van der Waals surface area contributed by atoms with Crippen molar-refractivity contribution in [2.24, 2.45) is 0 Å². The van der Waals surface area contributed by atoms with Crippen molar-refractivity contribution in [1.82, 2.24) is 0 Å². The van der Waals surface area contributed by atoms with Gasteiger partial charge in [0, 0.05) is 18.9 Å². The first kappa shape index (κ1) is 14.5. The summed E-state index contributed by atoms with van der Waals surface area (Å²) in [6.45, 7) is 0. The first-order valence-corrected chi connectivity index (χ1v) is 8.10. The lowest BCUT2D eigenvalue weighted by molar-refractivity contribution is 0.177. The fraction of sp³-hybridized carbons (Fsp3) is 0.143. The highest BCUT2D eigenvalue weighted by Gasteiger charge is 2.12. The van der Waals surface area contributed by atoms with Gasteiger partial charge in [-0.15, -0.1) is 0 Å². The number of hydrogen-bond donors (Lipinski definition) is 1. The summed E-state index contributed by atoms with van der Waals surface area (Å²) in [6, 6.07) is 14.0. The molecule has 0 saturated heterocycles. The first-order valence-electron chi connectivity index (χ1n) is 5.44. The van der Waals surface area contributed by atoms with Gasteiger partial charge in [-0.25, -0.2) is 0 Å². The molecule has 2 aromatic carbocycles. The zero-order valence-corrected chi connectivity index (χ0v) is 14.7. The third-order valence-corrected chi connectivity index (χ3v) is 4.56. The van der Waals surface area contributed by atoms with Crippen LogP contribution in [0, 0.1) is 3.57 Å². The molecule has 1 unspecified atom stereocenters. The van der Waals surface area contributed by atoms with Crippen LogP contribution >= 0.6 is 54.5 Å². The van der Waals surface area contributed by atoms with E-state index in [0.717, 1.165) is 20.1 Å². The fourth-order valence-corrected chi connectivity index (χ4v) is 3.40.